The zero-order valence-electron chi connectivity index (χ0n) is 22.9. The van der Waals surface area contributed by atoms with Crippen molar-refractivity contribution in [3.63, 3.8) is 0 Å². The fraction of sp³-hybridized carbons (Fsp3) is 0.188. The number of rotatable bonds is 6. The van der Waals surface area contributed by atoms with Gasteiger partial charge >= 0.3 is 12.1 Å². The molecule has 0 radical (unpaired) electrons. The first-order valence-corrected chi connectivity index (χ1v) is 13.2. The van der Waals surface area contributed by atoms with Gasteiger partial charge in [0.15, 0.2) is 11.5 Å². The van der Waals surface area contributed by atoms with Gasteiger partial charge in [-0.1, -0.05) is 42.5 Å². The maximum Gasteiger partial charge on any atom is 0.416 e. The third-order valence-corrected chi connectivity index (χ3v) is 7.54. The summed E-state index contributed by atoms with van der Waals surface area (Å²) >= 11 is 0. The smallest absolute Gasteiger partial charge is 0.416 e. The van der Waals surface area contributed by atoms with Crippen molar-refractivity contribution in [2.45, 2.75) is 19.1 Å². The van der Waals surface area contributed by atoms with Gasteiger partial charge in [-0.15, -0.1) is 0 Å². The SMILES string of the molecule is COc1ccc(C(F)(F)F)cc1N1C(c2ccc(-c3ccc4c(c3)OCO4)cc2)=Nc2c(F)cccc2C1C(C)C(=O)O. The Balaban J connectivity index is 1.55. The van der Waals surface area contributed by atoms with E-state index in [9.17, 15) is 23.1 Å². The molecule has 220 valence electrons. The van der Waals surface area contributed by atoms with E-state index in [4.69, 9.17) is 14.2 Å². The van der Waals surface area contributed by atoms with Crippen LogP contribution in [0.5, 0.6) is 17.2 Å². The number of anilines is 1. The Morgan fingerprint density at radius 2 is 1.67 bits per heavy atom. The van der Waals surface area contributed by atoms with Crippen molar-refractivity contribution in [1.82, 2.24) is 0 Å². The second-order valence-corrected chi connectivity index (χ2v) is 10.1. The number of nitrogens with zero attached hydrogens (tertiary/aromatic N) is 2. The van der Waals surface area contributed by atoms with Gasteiger partial charge in [-0.2, -0.15) is 13.2 Å². The van der Waals surface area contributed by atoms with E-state index in [1.165, 1.54) is 43.2 Å². The Morgan fingerprint density at radius 3 is 2.37 bits per heavy atom. The van der Waals surface area contributed by atoms with Gasteiger partial charge in [-0.25, -0.2) is 9.38 Å². The standard InChI is InChI=1S/C32H24F4N2O5/c1-17(31(39)40)29-22-4-3-5-23(33)28(22)37-30(38(29)24-15-21(32(34,35)36)11-13-25(24)41-2)19-8-6-18(7-9-19)20-10-12-26-27(14-20)43-16-42-26/h3-15,17,29H,16H2,1-2H3,(H,39,40). The normalized spacial score (nSPS) is 16.4. The maximum absolute atomic E-state index is 15.2. The average molecular weight is 593 g/mol. The van der Waals surface area contributed by atoms with Gasteiger partial charge in [-0.3, -0.25) is 4.79 Å². The van der Waals surface area contributed by atoms with Crippen molar-refractivity contribution < 1.29 is 41.7 Å². The Bertz CT molecular complexity index is 1750. The molecule has 0 amide bonds. The summed E-state index contributed by atoms with van der Waals surface area (Å²) in [6.45, 7) is 1.54. The highest BCUT2D eigenvalue weighted by molar-refractivity contribution is 6.14. The highest BCUT2D eigenvalue weighted by Gasteiger charge is 2.41. The van der Waals surface area contributed by atoms with Crippen LogP contribution in [0.2, 0.25) is 0 Å². The fourth-order valence-corrected chi connectivity index (χ4v) is 5.36. The largest absolute Gasteiger partial charge is 0.495 e. The van der Waals surface area contributed by atoms with Gasteiger partial charge in [0, 0.05) is 11.1 Å². The number of aliphatic carboxylic acids is 1. The van der Waals surface area contributed by atoms with Gasteiger partial charge < -0.3 is 24.2 Å². The van der Waals surface area contributed by atoms with Crippen molar-refractivity contribution in [3.05, 3.63) is 101 Å². The number of methoxy groups -OCH3 is 1. The number of alkyl halides is 3. The third-order valence-electron chi connectivity index (χ3n) is 7.54. The van der Waals surface area contributed by atoms with E-state index in [-0.39, 0.29) is 35.3 Å². The number of fused-ring (bicyclic) bond motifs is 2. The number of halogens is 4. The number of hydrogen-bond acceptors (Lipinski definition) is 6. The number of carboxylic acids is 1. The molecule has 0 saturated heterocycles. The molecule has 4 aromatic rings. The van der Waals surface area contributed by atoms with Crippen LogP contribution in [0, 0.1) is 11.7 Å². The lowest BCUT2D eigenvalue weighted by molar-refractivity contribution is -0.142. The lowest BCUT2D eigenvalue weighted by atomic mass is 9.88. The summed E-state index contributed by atoms with van der Waals surface area (Å²) in [5.74, 6) is -1.77. The Kier molecular flexibility index (Phi) is 6.95. The van der Waals surface area contributed by atoms with Crippen LogP contribution in [-0.4, -0.2) is 30.8 Å². The number of hydrogen-bond donors (Lipinski definition) is 1. The monoisotopic (exact) mass is 592 g/mol. The van der Waals surface area contributed by atoms with Gasteiger partial charge in [0.05, 0.1) is 30.3 Å². The second-order valence-electron chi connectivity index (χ2n) is 10.1. The van der Waals surface area contributed by atoms with Gasteiger partial charge in [0.25, 0.3) is 0 Å². The molecule has 0 saturated carbocycles. The van der Waals surface area contributed by atoms with Gasteiger partial charge in [0.1, 0.15) is 23.1 Å². The van der Waals surface area contributed by atoms with Crippen molar-refractivity contribution in [2.24, 2.45) is 10.9 Å². The van der Waals surface area contributed by atoms with E-state index < -0.39 is 35.5 Å². The third kappa shape index (κ3) is 5.00. The quantitative estimate of drug-likeness (QED) is 0.232. The number of ether oxygens (including phenoxy) is 3. The van der Waals surface area contributed by atoms with Crippen LogP contribution in [0.1, 0.15) is 29.7 Å². The molecule has 0 aromatic heterocycles. The summed E-state index contributed by atoms with van der Waals surface area (Å²) < 4.78 is 73.2. The zero-order chi connectivity index (χ0) is 30.5. The van der Waals surface area contributed by atoms with Crippen LogP contribution in [-0.2, 0) is 11.0 Å². The lowest BCUT2D eigenvalue weighted by Crippen LogP contribution is -2.43. The second kappa shape index (κ2) is 10.6. The van der Waals surface area contributed by atoms with E-state index in [1.54, 1.807) is 30.3 Å². The molecule has 4 aromatic carbocycles. The first-order chi connectivity index (χ1) is 20.6. The van der Waals surface area contributed by atoms with Gasteiger partial charge in [-0.05, 0) is 54.4 Å². The molecule has 7 nitrogen and oxygen atoms in total. The molecule has 0 spiro atoms. The van der Waals surface area contributed by atoms with E-state index in [0.717, 1.165) is 23.3 Å². The summed E-state index contributed by atoms with van der Waals surface area (Å²) in [5.41, 5.74) is 1.14. The van der Waals surface area contributed by atoms with Crippen LogP contribution >= 0.6 is 0 Å². The van der Waals surface area contributed by atoms with Crippen LogP contribution in [0.4, 0.5) is 28.9 Å². The molecule has 2 unspecified atom stereocenters. The molecule has 43 heavy (non-hydrogen) atoms. The lowest BCUT2D eigenvalue weighted by Gasteiger charge is -2.41. The van der Waals surface area contributed by atoms with Crippen molar-refractivity contribution >= 4 is 23.2 Å². The highest BCUT2D eigenvalue weighted by atomic mass is 19.4. The number of para-hydroxylation sites is 1. The minimum Gasteiger partial charge on any atom is -0.495 e. The molecular formula is C32H24F4N2O5. The fourth-order valence-electron chi connectivity index (χ4n) is 5.36. The van der Waals surface area contributed by atoms with Crippen LogP contribution in [0.3, 0.4) is 0 Å². The van der Waals surface area contributed by atoms with Crippen LogP contribution in [0.15, 0.2) is 83.9 Å². The minimum atomic E-state index is -4.70. The van der Waals surface area contributed by atoms with Gasteiger partial charge in [0.2, 0.25) is 6.79 Å². The van der Waals surface area contributed by atoms with Crippen molar-refractivity contribution in [3.8, 4) is 28.4 Å². The Morgan fingerprint density at radius 1 is 0.977 bits per heavy atom. The Labute approximate surface area is 243 Å². The van der Waals surface area contributed by atoms with E-state index >= 15 is 4.39 Å². The molecule has 6 rings (SSSR count). The summed E-state index contributed by atoms with van der Waals surface area (Å²) in [7, 11) is 1.30. The molecule has 11 heteroatoms. The molecule has 2 heterocycles. The number of aliphatic imine (C=N–C) groups is 1. The average Bonchev–Trinajstić information content (AvgIpc) is 3.47. The summed E-state index contributed by atoms with van der Waals surface area (Å²) in [4.78, 5) is 18.4. The first kappa shape index (κ1) is 28.1. The molecule has 0 aliphatic carbocycles. The summed E-state index contributed by atoms with van der Waals surface area (Å²) in [5, 5.41) is 10.1. The number of amidine groups is 1. The molecule has 0 fully saturated rings. The predicted octanol–water partition coefficient (Wildman–Crippen LogP) is 7.61. The van der Waals surface area contributed by atoms with Crippen molar-refractivity contribution in [1.29, 1.82) is 0 Å². The Hall–Kier alpha value is -5.06. The molecule has 1 N–H and O–H groups in total. The van der Waals surface area contributed by atoms with E-state index in [2.05, 4.69) is 4.99 Å². The van der Waals surface area contributed by atoms with E-state index in [0.29, 0.717) is 17.1 Å². The topological polar surface area (TPSA) is 80.6 Å². The number of carboxylic acid groups (broad SMARTS) is 1. The molecule has 2 atom stereocenters. The summed E-state index contributed by atoms with van der Waals surface area (Å²) in [6.07, 6.45) is -4.70. The zero-order valence-corrected chi connectivity index (χ0v) is 22.9. The number of benzene rings is 4. The summed E-state index contributed by atoms with van der Waals surface area (Å²) in [6, 6.07) is 18.4. The van der Waals surface area contributed by atoms with Crippen LogP contribution < -0.4 is 19.1 Å². The maximum atomic E-state index is 15.2. The minimum absolute atomic E-state index is 0.0557. The highest BCUT2D eigenvalue weighted by Crippen LogP contribution is 2.48. The van der Waals surface area contributed by atoms with E-state index in [1.807, 2.05) is 12.1 Å². The molecular weight excluding hydrogens is 568 g/mol. The molecule has 2 aliphatic heterocycles. The number of carbonyl (C=O) groups is 1. The predicted molar refractivity (Wildman–Crippen MR) is 151 cm³/mol. The van der Waals surface area contributed by atoms with Crippen molar-refractivity contribution in [2.75, 3.05) is 18.8 Å². The molecule has 0 bridgehead atoms. The first-order valence-electron chi connectivity index (χ1n) is 13.2. The van der Waals surface area contributed by atoms with Crippen LogP contribution in [0.25, 0.3) is 11.1 Å². The molecule has 2 aliphatic rings.